The topological polar surface area (TPSA) is 55.4 Å². The number of rotatable bonds is 5. The summed E-state index contributed by atoms with van der Waals surface area (Å²) in [5.74, 6) is -0.528. The Hall–Kier alpha value is -2.40. The van der Waals surface area contributed by atoms with E-state index in [4.69, 9.17) is 0 Å². The van der Waals surface area contributed by atoms with E-state index in [1.165, 1.54) is 13.2 Å². The molecular weight excluding hydrogens is 286 g/mol. The predicted molar refractivity (Wildman–Crippen MR) is 83.0 cm³/mol. The second-order valence-corrected chi connectivity index (χ2v) is 5.28. The summed E-state index contributed by atoms with van der Waals surface area (Å²) >= 11 is 1.60. The molecule has 0 aliphatic carbocycles. The number of thiophene rings is 1. The monoisotopic (exact) mass is 301 g/mol. The van der Waals surface area contributed by atoms with Crippen LogP contribution < -0.4 is 5.32 Å². The summed E-state index contributed by atoms with van der Waals surface area (Å²) in [7, 11) is 1.34. The van der Waals surface area contributed by atoms with Gasteiger partial charge in [0.05, 0.1) is 19.2 Å². The van der Waals surface area contributed by atoms with E-state index >= 15 is 0 Å². The van der Waals surface area contributed by atoms with Crippen LogP contribution in [0.2, 0.25) is 0 Å². The van der Waals surface area contributed by atoms with Gasteiger partial charge in [0.15, 0.2) is 0 Å². The van der Waals surface area contributed by atoms with Gasteiger partial charge in [-0.3, -0.25) is 4.79 Å². The third-order valence-corrected chi connectivity index (χ3v) is 3.65. The second kappa shape index (κ2) is 7.40. The molecule has 1 N–H and O–H groups in total. The van der Waals surface area contributed by atoms with Gasteiger partial charge >= 0.3 is 5.97 Å². The quantitative estimate of drug-likeness (QED) is 0.682. The predicted octanol–water partition coefficient (Wildman–Crippen LogP) is 2.86. The molecule has 2 rings (SSSR count). The van der Waals surface area contributed by atoms with Gasteiger partial charge in [-0.1, -0.05) is 18.2 Å². The summed E-state index contributed by atoms with van der Waals surface area (Å²) in [6.45, 7) is 0.530. The highest BCUT2D eigenvalue weighted by Crippen LogP contribution is 2.08. The molecule has 1 aromatic carbocycles. The van der Waals surface area contributed by atoms with Crippen LogP contribution in [0.15, 0.2) is 47.9 Å². The van der Waals surface area contributed by atoms with Crippen LogP contribution in [-0.4, -0.2) is 19.0 Å². The molecule has 108 valence electrons. The number of carbonyl (C=O) groups excluding carboxylic acids is 2. The minimum Gasteiger partial charge on any atom is -0.465 e. The highest BCUT2D eigenvalue weighted by atomic mass is 32.1. The Labute approximate surface area is 127 Å². The summed E-state index contributed by atoms with van der Waals surface area (Å²) in [6, 6.07) is 10.8. The van der Waals surface area contributed by atoms with E-state index < -0.39 is 0 Å². The number of carbonyl (C=O) groups is 2. The lowest BCUT2D eigenvalue weighted by atomic mass is 10.1. The number of benzene rings is 1. The molecule has 1 aromatic heterocycles. The van der Waals surface area contributed by atoms with Gasteiger partial charge in [-0.15, -0.1) is 11.3 Å². The standard InChI is InChI=1S/C16H15NO3S/c1-20-16(19)13-7-4-12(5-8-13)6-9-15(18)17-11-14-3-2-10-21-14/h2-10H,11H2,1H3,(H,17,18)/b9-6+. The van der Waals surface area contributed by atoms with Gasteiger partial charge in [0.25, 0.3) is 0 Å². The smallest absolute Gasteiger partial charge is 0.337 e. The maximum atomic E-state index is 11.7. The van der Waals surface area contributed by atoms with Crippen molar-refractivity contribution in [2.45, 2.75) is 6.54 Å². The van der Waals surface area contributed by atoms with Gasteiger partial charge < -0.3 is 10.1 Å². The molecule has 21 heavy (non-hydrogen) atoms. The van der Waals surface area contributed by atoms with Gasteiger partial charge in [0, 0.05) is 11.0 Å². The van der Waals surface area contributed by atoms with E-state index in [1.54, 1.807) is 41.7 Å². The number of esters is 1. The number of ether oxygens (including phenoxy) is 1. The highest BCUT2D eigenvalue weighted by Gasteiger charge is 2.03. The molecule has 5 heteroatoms. The fraction of sp³-hybridized carbons (Fsp3) is 0.125. The van der Waals surface area contributed by atoms with Crippen LogP contribution in [0, 0.1) is 0 Å². The number of nitrogens with one attached hydrogen (secondary N) is 1. The average molecular weight is 301 g/mol. The van der Waals surface area contributed by atoms with E-state index in [0.29, 0.717) is 12.1 Å². The third kappa shape index (κ3) is 4.57. The lowest BCUT2D eigenvalue weighted by Crippen LogP contribution is -2.19. The zero-order chi connectivity index (χ0) is 15.1. The van der Waals surface area contributed by atoms with Crippen molar-refractivity contribution in [2.75, 3.05) is 7.11 Å². The van der Waals surface area contributed by atoms with E-state index in [9.17, 15) is 9.59 Å². The largest absolute Gasteiger partial charge is 0.465 e. The fourth-order valence-corrected chi connectivity index (χ4v) is 2.31. The summed E-state index contributed by atoms with van der Waals surface area (Å²) in [4.78, 5) is 24.1. The van der Waals surface area contributed by atoms with Crippen molar-refractivity contribution >= 4 is 29.3 Å². The van der Waals surface area contributed by atoms with E-state index in [-0.39, 0.29) is 11.9 Å². The van der Waals surface area contributed by atoms with Crippen LogP contribution in [0.4, 0.5) is 0 Å². The maximum absolute atomic E-state index is 11.7. The van der Waals surface area contributed by atoms with Crippen molar-refractivity contribution < 1.29 is 14.3 Å². The highest BCUT2D eigenvalue weighted by molar-refractivity contribution is 7.09. The number of methoxy groups -OCH3 is 1. The Kier molecular flexibility index (Phi) is 5.29. The van der Waals surface area contributed by atoms with Gasteiger partial charge in [-0.25, -0.2) is 4.79 Å². The second-order valence-electron chi connectivity index (χ2n) is 4.24. The van der Waals surface area contributed by atoms with Crippen LogP contribution in [0.1, 0.15) is 20.8 Å². The summed E-state index contributed by atoms with van der Waals surface area (Å²) in [5.41, 5.74) is 1.32. The van der Waals surface area contributed by atoms with Crippen LogP contribution in [0.3, 0.4) is 0 Å². The fourth-order valence-electron chi connectivity index (χ4n) is 1.67. The molecule has 0 atom stereocenters. The molecule has 1 amide bonds. The lowest BCUT2D eigenvalue weighted by Gasteiger charge is -2.00. The molecule has 0 unspecified atom stereocenters. The Balaban J connectivity index is 1.88. The molecule has 0 radical (unpaired) electrons. The molecule has 0 fully saturated rings. The van der Waals surface area contributed by atoms with Crippen LogP contribution in [-0.2, 0) is 16.1 Å². The lowest BCUT2D eigenvalue weighted by molar-refractivity contribution is -0.116. The SMILES string of the molecule is COC(=O)c1ccc(/C=C/C(=O)NCc2cccs2)cc1. The van der Waals surface area contributed by atoms with Crippen LogP contribution >= 0.6 is 11.3 Å². The third-order valence-electron chi connectivity index (χ3n) is 2.78. The summed E-state index contributed by atoms with van der Waals surface area (Å²) in [6.07, 6.45) is 3.17. The van der Waals surface area contributed by atoms with Gasteiger partial charge in [0.2, 0.25) is 5.91 Å². The number of hydrogen-bond acceptors (Lipinski definition) is 4. The molecular formula is C16H15NO3S. The normalized spacial score (nSPS) is 10.5. The number of amides is 1. The molecule has 0 bridgehead atoms. The Morgan fingerprint density at radius 3 is 2.62 bits per heavy atom. The molecule has 1 heterocycles. The zero-order valence-electron chi connectivity index (χ0n) is 11.5. The average Bonchev–Trinajstić information content (AvgIpc) is 3.04. The van der Waals surface area contributed by atoms with E-state index in [0.717, 1.165) is 10.4 Å². The summed E-state index contributed by atoms with van der Waals surface area (Å²) in [5, 5.41) is 4.78. The van der Waals surface area contributed by atoms with Crippen LogP contribution in [0.25, 0.3) is 6.08 Å². The van der Waals surface area contributed by atoms with E-state index in [1.807, 2.05) is 17.5 Å². The summed E-state index contributed by atoms with van der Waals surface area (Å²) < 4.78 is 4.62. The molecule has 0 aliphatic heterocycles. The minimum atomic E-state index is -0.376. The van der Waals surface area contributed by atoms with E-state index in [2.05, 4.69) is 10.1 Å². The van der Waals surface area contributed by atoms with Gasteiger partial charge in [0.1, 0.15) is 0 Å². The minimum absolute atomic E-state index is 0.152. The van der Waals surface area contributed by atoms with Crippen molar-refractivity contribution in [3.8, 4) is 0 Å². The Morgan fingerprint density at radius 2 is 2.00 bits per heavy atom. The van der Waals surface area contributed by atoms with Gasteiger partial charge in [-0.2, -0.15) is 0 Å². The first-order valence-corrected chi connectivity index (χ1v) is 7.23. The van der Waals surface area contributed by atoms with Crippen molar-refractivity contribution in [3.05, 3.63) is 63.9 Å². The molecule has 0 spiro atoms. The zero-order valence-corrected chi connectivity index (χ0v) is 12.4. The number of hydrogen-bond donors (Lipinski definition) is 1. The molecule has 0 saturated carbocycles. The molecule has 0 saturated heterocycles. The first-order chi connectivity index (χ1) is 10.2. The van der Waals surface area contributed by atoms with Gasteiger partial charge in [-0.05, 0) is 35.2 Å². The first kappa shape index (κ1) is 15.0. The van der Waals surface area contributed by atoms with Crippen LogP contribution in [0.5, 0.6) is 0 Å². The molecule has 4 nitrogen and oxygen atoms in total. The molecule has 0 aliphatic rings. The Bertz CT molecular complexity index is 630. The van der Waals surface area contributed by atoms with Crippen molar-refractivity contribution in [3.63, 3.8) is 0 Å². The first-order valence-electron chi connectivity index (χ1n) is 6.35. The van der Waals surface area contributed by atoms with Crippen molar-refractivity contribution in [1.82, 2.24) is 5.32 Å². The van der Waals surface area contributed by atoms with Crippen molar-refractivity contribution in [2.24, 2.45) is 0 Å². The molecule has 2 aromatic rings. The Morgan fingerprint density at radius 1 is 1.24 bits per heavy atom. The maximum Gasteiger partial charge on any atom is 0.337 e. The van der Waals surface area contributed by atoms with Crippen molar-refractivity contribution in [1.29, 1.82) is 0 Å².